The van der Waals surface area contributed by atoms with Gasteiger partial charge in [0.1, 0.15) is 25.2 Å². The molecule has 0 radical (unpaired) electrons. The van der Waals surface area contributed by atoms with E-state index in [-0.39, 0.29) is 0 Å². The molecule has 0 bridgehead atoms. The number of aldehydes is 1. The monoisotopic (exact) mass is 378 g/mol. The van der Waals surface area contributed by atoms with Gasteiger partial charge < -0.3 is 14.2 Å². The molecule has 0 spiro atoms. The molecule has 0 fully saturated rings. The smallest absolute Gasteiger partial charge is 0.175 e. The summed E-state index contributed by atoms with van der Waals surface area (Å²) in [5, 5.41) is 0. The zero-order valence-electron chi connectivity index (χ0n) is 13.4. The van der Waals surface area contributed by atoms with E-state index in [2.05, 4.69) is 28.9 Å². The Hall–Kier alpha value is -2.01. The van der Waals surface area contributed by atoms with Crippen molar-refractivity contribution in [1.29, 1.82) is 0 Å². The zero-order chi connectivity index (χ0) is 16.8. The van der Waals surface area contributed by atoms with E-state index in [1.807, 2.05) is 19.1 Å². The van der Waals surface area contributed by atoms with Crippen molar-refractivity contribution in [2.24, 2.45) is 0 Å². The largest absolute Gasteiger partial charge is 0.493 e. The third-order valence-electron chi connectivity index (χ3n) is 3.53. The van der Waals surface area contributed by atoms with E-state index in [1.54, 1.807) is 12.1 Å². The van der Waals surface area contributed by atoms with Crippen LogP contribution in [0.25, 0.3) is 0 Å². The molecule has 0 heterocycles. The lowest BCUT2D eigenvalue weighted by molar-refractivity contribution is 0.112. The number of ether oxygens (including phenoxy) is 3. The SMILES string of the molecule is COc1cc(C=O)cc(Br)c1OCCOc1cccc(C)c1C. The average molecular weight is 379 g/mol. The van der Waals surface area contributed by atoms with Crippen LogP contribution in [0.4, 0.5) is 0 Å². The molecule has 5 heteroatoms. The fraction of sp³-hybridized carbons (Fsp3) is 0.278. The first-order chi connectivity index (χ1) is 11.1. The second kappa shape index (κ2) is 8.02. The Kier molecular flexibility index (Phi) is 6.04. The molecule has 0 amide bonds. The molecule has 2 rings (SSSR count). The highest BCUT2D eigenvalue weighted by Gasteiger charge is 2.11. The molecule has 0 aliphatic carbocycles. The van der Waals surface area contributed by atoms with Gasteiger partial charge in [0.25, 0.3) is 0 Å². The minimum absolute atomic E-state index is 0.364. The van der Waals surface area contributed by atoms with E-state index in [0.29, 0.717) is 34.7 Å². The van der Waals surface area contributed by atoms with Gasteiger partial charge in [-0.05, 0) is 59.1 Å². The van der Waals surface area contributed by atoms with Crippen molar-refractivity contribution in [2.45, 2.75) is 13.8 Å². The van der Waals surface area contributed by atoms with E-state index in [0.717, 1.165) is 17.6 Å². The van der Waals surface area contributed by atoms with Crippen LogP contribution in [0, 0.1) is 13.8 Å². The normalized spacial score (nSPS) is 10.3. The van der Waals surface area contributed by atoms with Crippen LogP contribution >= 0.6 is 15.9 Å². The lowest BCUT2D eigenvalue weighted by Crippen LogP contribution is -2.10. The fourth-order valence-corrected chi connectivity index (χ4v) is 2.70. The number of hydrogen-bond donors (Lipinski definition) is 0. The van der Waals surface area contributed by atoms with Crippen molar-refractivity contribution in [3.05, 3.63) is 51.5 Å². The maximum absolute atomic E-state index is 10.9. The lowest BCUT2D eigenvalue weighted by Gasteiger charge is -2.14. The van der Waals surface area contributed by atoms with Gasteiger partial charge in [-0.2, -0.15) is 0 Å². The predicted molar refractivity (Wildman–Crippen MR) is 93.0 cm³/mol. The van der Waals surface area contributed by atoms with Crippen LogP contribution in [-0.4, -0.2) is 26.6 Å². The summed E-state index contributed by atoms with van der Waals surface area (Å²) in [6, 6.07) is 9.29. The molecule has 122 valence electrons. The summed E-state index contributed by atoms with van der Waals surface area (Å²) < 4.78 is 17.4. The van der Waals surface area contributed by atoms with Crippen LogP contribution in [0.1, 0.15) is 21.5 Å². The van der Waals surface area contributed by atoms with E-state index < -0.39 is 0 Å². The van der Waals surface area contributed by atoms with Crippen LogP contribution in [0.15, 0.2) is 34.8 Å². The van der Waals surface area contributed by atoms with Crippen molar-refractivity contribution in [3.8, 4) is 17.2 Å². The molecule has 0 saturated heterocycles. The number of aryl methyl sites for hydroxylation is 1. The first-order valence-electron chi connectivity index (χ1n) is 7.21. The van der Waals surface area contributed by atoms with Crippen LogP contribution in [0.3, 0.4) is 0 Å². The molecule has 23 heavy (non-hydrogen) atoms. The standard InChI is InChI=1S/C18H19BrO4/c1-12-5-4-6-16(13(12)2)22-7-8-23-18-15(19)9-14(11-20)10-17(18)21-3/h4-6,9-11H,7-8H2,1-3H3. The number of halogens is 1. The molecule has 2 aromatic rings. The molecule has 0 atom stereocenters. The summed E-state index contributed by atoms with van der Waals surface area (Å²) >= 11 is 3.39. The molecule has 0 saturated carbocycles. The third-order valence-corrected chi connectivity index (χ3v) is 4.12. The quantitative estimate of drug-likeness (QED) is 0.530. The van der Waals surface area contributed by atoms with Crippen molar-refractivity contribution in [3.63, 3.8) is 0 Å². The zero-order valence-corrected chi connectivity index (χ0v) is 15.0. The number of carbonyl (C=O) groups excluding carboxylic acids is 1. The Labute approximate surface area is 144 Å². The Balaban J connectivity index is 1.99. The van der Waals surface area contributed by atoms with Crippen LogP contribution < -0.4 is 14.2 Å². The van der Waals surface area contributed by atoms with E-state index >= 15 is 0 Å². The summed E-state index contributed by atoms with van der Waals surface area (Å²) in [5.74, 6) is 1.92. The Morgan fingerprint density at radius 2 is 1.83 bits per heavy atom. The molecule has 2 aromatic carbocycles. The van der Waals surface area contributed by atoms with Gasteiger partial charge in [-0.15, -0.1) is 0 Å². The number of carbonyl (C=O) groups is 1. The summed E-state index contributed by atoms with van der Waals surface area (Å²) in [5.41, 5.74) is 2.84. The molecule has 4 nitrogen and oxygen atoms in total. The molecule has 0 N–H and O–H groups in total. The van der Waals surface area contributed by atoms with Gasteiger partial charge >= 0.3 is 0 Å². The van der Waals surface area contributed by atoms with Crippen molar-refractivity contribution in [1.82, 2.24) is 0 Å². The Morgan fingerprint density at radius 1 is 1.09 bits per heavy atom. The topological polar surface area (TPSA) is 44.8 Å². The molecule has 0 unspecified atom stereocenters. The van der Waals surface area contributed by atoms with Crippen molar-refractivity contribution in [2.75, 3.05) is 20.3 Å². The molecule has 0 aromatic heterocycles. The van der Waals surface area contributed by atoms with Crippen molar-refractivity contribution >= 4 is 22.2 Å². The number of hydrogen-bond acceptors (Lipinski definition) is 4. The lowest BCUT2D eigenvalue weighted by atomic mass is 10.1. The van der Waals surface area contributed by atoms with Crippen LogP contribution in [0.2, 0.25) is 0 Å². The van der Waals surface area contributed by atoms with Gasteiger partial charge in [-0.25, -0.2) is 0 Å². The van der Waals surface area contributed by atoms with Gasteiger partial charge in [-0.3, -0.25) is 4.79 Å². The molecular formula is C18H19BrO4. The first-order valence-corrected chi connectivity index (χ1v) is 8.00. The highest BCUT2D eigenvalue weighted by Crippen LogP contribution is 2.36. The minimum atomic E-state index is 0.364. The second-order valence-corrected chi connectivity index (χ2v) is 5.90. The molecule has 0 aliphatic rings. The maximum Gasteiger partial charge on any atom is 0.175 e. The number of rotatable bonds is 7. The summed E-state index contributed by atoms with van der Waals surface area (Å²) in [6.07, 6.45) is 0.765. The van der Waals surface area contributed by atoms with Gasteiger partial charge in [0.15, 0.2) is 11.5 Å². The maximum atomic E-state index is 10.9. The molecular weight excluding hydrogens is 360 g/mol. The van der Waals surface area contributed by atoms with Gasteiger partial charge in [-0.1, -0.05) is 12.1 Å². The van der Waals surface area contributed by atoms with E-state index in [1.165, 1.54) is 12.7 Å². The number of benzene rings is 2. The fourth-order valence-electron chi connectivity index (χ4n) is 2.12. The highest BCUT2D eigenvalue weighted by molar-refractivity contribution is 9.10. The first kappa shape index (κ1) is 17.3. The van der Waals surface area contributed by atoms with Gasteiger partial charge in [0, 0.05) is 5.56 Å². The summed E-state index contributed by atoms with van der Waals surface area (Å²) in [4.78, 5) is 10.9. The summed E-state index contributed by atoms with van der Waals surface area (Å²) in [6.45, 7) is 4.86. The third kappa shape index (κ3) is 4.26. The van der Waals surface area contributed by atoms with Crippen LogP contribution in [-0.2, 0) is 0 Å². The highest BCUT2D eigenvalue weighted by atomic mass is 79.9. The van der Waals surface area contributed by atoms with Crippen molar-refractivity contribution < 1.29 is 19.0 Å². The molecule has 0 aliphatic heterocycles. The Morgan fingerprint density at radius 3 is 2.52 bits per heavy atom. The van der Waals surface area contributed by atoms with Gasteiger partial charge in [0.2, 0.25) is 0 Å². The summed E-state index contributed by atoms with van der Waals surface area (Å²) in [7, 11) is 1.54. The Bertz CT molecular complexity index is 698. The van der Waals surface area contributed by atoms with Gasteiger partial charge in [0.05, 0.1) is 11.6 Å². The van der Waals surface area contributed by atoms with E-state index in [9.17, 15) is 4.79 Å². The van der Waals surface area contributed by atoms with E-state index in [4.69, 9.17) is 14.2 Å². The number of methoxy groups -OCH3 is 1. The van der Waals surface area contributed by atoms with Crippen LogP contribution in [0.5, 0.6) is 17.2 Å². The minimum Gasteiger partial charge on any atom is -0.493 e. The predicted octanol–water partition coefficient (Wildman–Crippen LogP) is 4.34. The average Bonchev–Trinajstić information content (AvgIpc) is 2.55. The second-order valence-electron chi connectivity index (χ2n) is 5.05.